The van der Waals surface area contributed by atoms with Crippen LogP contribution in [0.3, 0.4) is 0 Å². The van der Waals surface area contributed by atoms with Gasteiger partial charge in [-0.05, 0) is 38.2 Å². The summed E-state index contributed by atoms with van der Waals surface area (Å²) in [4.78, 5) is 36.6. The number of imidazole rings is 1. The fourth-order valence-electron chi connectivity index (χ4n) is 6.84. The SMILES string of the molecule is CCn1nccc1C(=O)N[C@H](c1cn2nc(C[C@H]3C[C@@H](C(F)(F)F)CNC3=O)c(CN3CC(C(F)(F)F)C3)nc2n1)C1CCC(F)(F)CC1. The summed E-state index contributed by atoms with van der Waals surface area (Å²) in [6.07, 6.45) is -7.47. The number of amides is 2. The van der Waals surface area contributed by atoms with Gasteiger partial charge in [0, 0.05) is 64.1 Å². The predicted octanol–water partition coefficient (Wildman–Crippen LogP) is 4.49. The number of carbonyl (C=O) groups excluding carboxylic acids is 2. The zero-order chi connectivity index (χ0) is 35.3. The van der Waals surface area contributed by atoms with E-state index in [0.717, 1.165) is 0 Å². The predicted molar refractivity (Wildman–Crippen MR) is 155 cm³/mol. The molecule has 1 aliphatic carbocycles. The number of piperidine rings is 1. The number of likely N-dealkylation sites (tertiary alicyclic amines) is 1. The summed E-state index contributed by atoms with van der Waals surface area (Å²) in [5, 5.41) is 13.8. The molecule has 3 aromatic rings. The standard InChI is InChI=1S/C30H35F8N9O2/c1-2-46-23(5-8-40-46)26(49)43-24(16-3-6-28(31,32)7-4-16)22-15-47-27(42-22)41-21(14-45-12-19(13-45)30(36,37)38)20(44-47)10-17-9-18(29(33,34)35)11-39-25(17)48/h5,8,15-19,24H,2-4,6-7,9-14H2,1H3,(H,39,48)(H,43,49)/t17-,18-,24+/m1/s1. The molecule has 0 bridgehead atoms. The van der Waals surface area contributed by atoms with Crippen molar-refractivity contribution in [1.29, 1.82) is 0 Å². The third kappa shape index (κ3) is 7.65. The molecule has 2 saturated heterocycles. The van der Waals surface area contributed by atoms with Crippen LogP contribution in [-0.4, -0.2) is 84.0 Å². The normalized spacial score (nSPS) is 23.3. The molecule has 1 saturated carbocycles. The topological polar surface area (TPSA) is 122 Å². The minimum atomic E-state index is -4.55. The van der Waals surface area contributed by atoms with Crippen LogP contribution in [0.5, 0.6) is 0 Å². The monoisotopic (exact) mass is 705 g/mol. The van der Waals surface area contributed by atoms with Crippen LogP contribution in [0.2, 0.25) is 0 Å². The van der Waals surface area contributed by atoms with Gasteiger partial charge in [0.2, 0.25) is 11.8 Å². The van der Waals surface area contributed by atoms with E-state index in [0.29, 0.717) is 6.54 Å². The number of carbonyl (C=O) groups is 2. The molecular formula is C30H35F8N9O2. The highest BCUT2D eigenvalue weighted by atomic mass is 19.4. The minimum Gasteiger partial charge on any atom is -0.355 e. The molecule has 11 nitrogen and oxygen atoms in total. The van der Waals surface area contributed by atoms with Crippen molar-refractivity contribution in [3.05, 3.63) is 41.2 Å². The molecule has 0 spiro atoms. The molecular weight excluding hydrogens is 670 g/mol. The lowest BCUT2D eigenvalue weighted by Crippen LogP contribution is -2.52. The number of aromatic nitrogens is 6. The Morgan fingerprint density at radius 2 is 1.76 bits per heavy atom. The maximum atomic E-state index is 14.1. The van der Waals surface area contributed by atoms with E-state index in [1.54, 1.807) is 6.92 Å². The van der Waals surface area contributed by atoms with Gasteiger partial charge >= 0.3 is 12.4 Å². The first-order valence-corrected chi connectivity index (χ1v) is 16.1. The molecule has 3 aliphatic rings. The largest absolute Gasteiger partial charge is 0.394 e. The molecule has 19 heteroatoms. The Hall–Kier alpha value is -3.90. The number of halogens is 8. The van der Waals surface area contributed by atoms with Crippen molar-refractivity contribution in [3.8, 4) is 0 Å². The Morgan fingerprint density at radius 1 is 1.06 bits per heavy atom. The van der Waals surface area contributed by atoms with Crippen LogP contribution >= 0.6 is 0 Å². The third-order valence-corrected chi connectivity index (χ3v) is 9.73. The van der Waals surface area contributed by atoms with Crippen molar-refractivity contribution >= 4 is 17.6 Å². The lowest BCUT2D eigenvalue weighted by Gasteiger charge is -2.40. The average Bonchev–Trinajstić information content (AvgIpc) is 3.64. The number of aryl methyl sites for hydroxylation is 1. The zero-order valence-corrected chi connectivity index (χ0v) is 26.4. The van der Waals surface area contributed by atoms with Crippen LogP contribution in [-0.2, 0) is 24.3 Å². The van der Waals surface area contributed by atoms with Crippen LogP contribution in [0.1, 0.15) is 72.6 Å². The molecule has 2 aliphatic heterocycles. The van der Waals surface area contributed by atoms with E-state index in [1.807, 2.05) is 0 Å². The van der Waals surface area contributed by atoms with Crippen LogP contribution in [0.4, 0.5) is 35.1 Å². The smallest absolute Gasteiger partial charge is 0.355 e. The summed E-state index contributed by atoms with van der Waals surface area (Å²) in [6, 6.07) is 0.652. The second-order valence-electron chi connectivity index (χ2n) is 13.1. The van der Waals surface area contributed by atoms with Crippen molar-refractivity contribution in [2.45, 2.75) is 82.9 Å². The number of nitrogens with one attached hydrogen (secondary N) is 2. The fourth-order valence-corrected chi connectivity index (χ4v) is 6.84. The van der Waals surface area contributed by atoms with Crippen LogP contribution in [0.25, 0.3) is 5.78 Å². The summed E-state index contributed by atoms with van der Waals surface area (Å²) in [7, 11) is 0. The van der Waals surface area contributed by atoms with Gasteiger partial charge in [0.25, 0.3) is 11.7 Å². The van der Waals surface area contributed by atoms with Gasteiger partial charge < -0.3 is 10.6 Å². The highest BCUT2D eigenvalue weighted by Crippen LogP contribution is 2.42. The van der Waals surface area contributed by atoms with Gasteiger partial charge in [-0.25, -0.2) is 23.3 Å². The number of nitrogens with zero attached hydrogens (tertiary/aromatic N) is 7. The van der Waals surface area contributed by atoms with Gasteiger partial charge in [-0.2, -0.15) is 36.5 Å². The Bertz CT molecular complexity index is 1670. The van der Waals surface area contributed by atoms with E-state index >= 15 is 0 Å². The average molecular weight is 706 g/mol. The number of fused-ring (bicyclic) bond motifs is 1. The number of hydrogen-bond acceptors (Lipinski definition) is 7. The summed E-state index contributed by atoms with van der Waals surface area (Å²) in [5.41, 5.74) is 0.743. The zero-order valence-electron chi connectivity index (χ0n) is 26.4. The Kier molecular flexibility index (Phi) is 9.34. The van der Waals surface area contributed by atoms with Crippen LogP contribution in [0, 0.1) is 23.7 Å². The van der Waals surface area contributed by atoms with Crippen molar-refractivity contribution in [3.63, 3.8) is 0 Å². The van der Waals surface area contributed by atoms with Crippen molar-refractivity contribution < 1.29 is 44.7 Å². The Balaban J connectivity index is 1.33. The van der Waals surface area contributed by atoms with E-state index < -0.39 is 85.6 Å². The molecule has 0 unspecified atom stereocenters. The van der Waals surface area contributed by atoms with Crippen molar-refractivity contribution in [2.75, 3.05) is 19.6 Å². The molecule has 3 aromatic heterocycles. The molecule has 6 rings (SSSR count). The number of rotatable bonds is 9. The molecule has 5 heterocycles. The van der Waals surface area contributed by atoms with Crippen LogP contribution < -0.4 is 10.6 Å². The molecule has 0 aromatic carbocycles. The van der Waals surface area contributed by atoms with Gasteiger partial charge in [0.05, 0.1) is 41.2 Å². The second kappa shape index (κ2) is 13.1. The van der Waals surface area contributed by atoms with Gasteiger partial charge in [0.1, 0.15) is 5.69 Å². The van der Waals surface area contributed by atoms with E-state index in [1.165, 1.54) is 32.6 Å². The van der Waals surface area contributed by atoms with Crippen LogP contribution in [0.15, 0.2) is 18.5 Å². The highest BCUT2D eigenvalue weighted by Gasteiger charge is 2.48. The summed E-state index contributed by atoms with van der Waals surface area (Å²) >= 11 is 0. The van der Waals surface area contributed by atoms with E-state index in [-0.39, 0.29) is 67.5 Å². The molecule has 49 heavy (non-hydrogen) atoms. The fraction of sp³-hybridized carbons (Fsp3) is 0.667. The maximum absolute atomic E-state index is 14.1. The summed E-state index contributed by atoms with van der Waals surface area (Å²) in [5.74, 6) is -8.89. The molecule has 3 fully saturated rings. The molecule has 268 valence electrons. The summed E-state index contributed by atoms with van der Waals surface area (Å²) < 4.78 is 111. The molecule has 2 amide bonds. The maximum Gasteiger partial charge on any atom is 0.394 e. The lowest BCUT2D eigenvalue weighted by atomic mass is 9.81. The van der Waals surface area contributed by atoms with E-state index in [4.69, 9.17) is 0 Å². The van der Waals surface area contributed by atoms with Gasteiger partial charge in [-0.1, -0.05) is 0 Å². The summed E-state index contributed by atoms with van der Waals surface area (Å²) in [6.45, 7) is 0.876. The Morgan fingerprint density at radius 3 is 2.41 bits per heavy atom. The molecule has 2 N–H and O–H groups in total. The lowest BCUT2D eigenvalue weighted by molar-refractivity contribution is -0.210. The van der Waals surface area contributed by atoms with Gasteiger partial charge in [-0.15, -0.1) is 0 Å². The first kappa shape index (κ1) is 34.9. The quantitative estimate of drug-likeness (QED) is 0.315. The second-order valence-corrected chi connectivity index (χ2v) is 13.1. The van der Waals surface area contributed by atoms with Crippen molar-refractivity contribution in [2.24, 2.45) is 23.7 Å². The van der Waals surface area contributed by atoms with Gasteiger partial charge in [-0.3, -0.25) is 19.2 Å². The van der Waals surface area contributed by atoms with E-state index in [2.05, 4.69) is 30.8 Å². The van der Waals surface area contributed by atoms with E-state index in [9.17, 15) is 44.7 Å². The molecule has 0 radical (unpaired) electrons. The Labute approximate surface area is 274 Å². The highest BCUT2D eigenvalue weighted by molar-refractivity contribution is 5.92. The first-order chi connectivity index (χ1) is 23.0. The van der Waals surface area contributed by atoms with Crippen molar-refractivity contribution in [1.82, 2.24) is 44.9 Å². The minimum absolute atomic E-state index is 0.0121. The number of alkyl halides is 8. The third-order valence-electron chi connectivity index (χ3n) is 9.73. The molecule has 3 atom stereocenters. The van der Waals surface area contributed by atoms with Gasteiger partial charge in [0.15, 0.2) is 0 Å². The first-order valence-electron chi connectivity index (χ1n) is 16.1. The number of hydrogen-bond donors (Lipinski definition) is 2.